The highest BCUT2D eigenvalue weighted by molar-refractivity contribution is 7.14. The number of aliphatic hydroxyl groups is 1. The fourth-order valence-corrected chi connectivity index (χ4v) is 4.25. The molecule has 2 nitrogen and oxygen atoms in total. The molecule has 0 saturated heterocycles. The van der Waals surface area contributed by atoms with Crippen LogP contribution in [0.2, 0.25) is 0 Å². The minimum atomic E-state index is -0.162. The van der Waals surface area contributed by atoms with Gasteiger partial charge in [0.05, 0.1) is 6.10 Å². The summed E-state index contributed by atoms with van der Waals surface area (Å²) in [5.74, 6) is 0. The number of hydrogen-bond acceptors (Lipinski definition) is 4. The number of thiophene rings is 2. The second-order valence-corrected chi connectivity index (χ2v) is 7.06. The van der Waals surface area contributed by atoms with Crippen LogP contribution in [0.1, 0.15) is 30.6 Å². The van der Waals surface area contributed by atoms with Gasteiger partial charge in [-0.25, -0.2) is 0 Å². The van der Waals surface area contributed by atoms with Crippen LogP contribution in [-0.4, -0.2) is 17.3 Å². The van der Waals surface area contributed by atoms with Crippen molar-refractivity contribution in [3.05, 3.63) is 33.8 Å². The summed E-state index contributed by atoms with van der Waals surface area (Å²) in [4.78, 5) is 2.68. The molecule has 2 aromatic heterocycles. The molecule has 0 aliphatic heterocycles. The summed E-state index contributed by atoms with van der Waals surface area (Å²) in [6, 6.07) is 6.79. The lowest BCUT2D eigenvalue weighted by Crippen LogP contribution is -2.41. The van der Waals surface area contributed by atoms with Gasteiger partial charge in [-0.05, 0) is 35.7 Å². The smallest absolute Gasteiger partial charge is 0.0693 e. The molecule has 102 valence electrons. The third kappa shape index (κ3) is 3.26. The summed E-state index contributed by atoms with van der Waals surface area (Å²) in [6.45, 7) is 0.873. The Bertz CT molecular complexity index is 506. The summed E-state index contributed by atoms with van der Waals surface area (Å²) in [7, 11) is 0. The van der Waals surface area contributed by atoms with Crippen molar-refractivity contribution in [1.29, 1.82) is 0 Å². The van der Waals surface area contributed by atoms with Crippen molar-refractivity contribution in [3.8, 4) is 10.4 Å². The van der Waals surface area contributed by atoms with E-state index in [2.05, 4.69) is 34.3 Å². The maximum Gasteiger partial charge on any atom is 0.0693 e. The van der Waals surface area contributed by atoms with Gasteiger partial charge in [-0.1, -0.05) is 18.9 Å². The van der Waals surface area contributed by atoms with Crippen LogP contribution in [0.5, 0.6) is 0 Å². The Balaban J connectivity index is 1.58. The highest BCUT2D eigenvalue weighted by Crippen LogP contribution is 2.29. The standard InChI is InChI=1S/C15H19NOS2/c17-14-5-2-1-4-13(14)16-9-12-8-11(10-19-12)15-6-3-7-18-15/h3,6-8,10,13-14,16-17H,1-2,4-5,9H2. The van der Waals surface area contributed by atoms with E-state index in [4.69, 9.17) is 0 Å². The molecule has 19 heavy (non-hydrogen) atoms. The van der Waals surface area contributed by atoms with Crippen LogP contribution in [0.3, 0.4) is 0 Å². The van der Waals surface area contributed by atoms with E-state index in [1.165, 1.54) is 28.2 Å². The molecule has 1 saturated carbocycles. The Kier molecular flexibility index (Phi) is 4.33. The third-order valence-corrected chi connectivity index (χ3v) is 5.58. The zero-order valence-corrected chi connectivity index (χ0v) is 12.5. The molecule has 0 radical (unpaired) electrons. The van der Waals surface area contributed by atoms with Crippen molar-refractivity contribution in [2.45, 2.75) is 44.4 Å². The molecule has 3 rings (SSSR count). The molecule has 2 unspecified atom stereocenters. The summed E-state index contributed by atoms with van der Waals surface area (Å²) < 4.78 is 0. The molecule has 2 aromatic rings. The predicted molar refractivity (Wildman–Crippen MR) is 82.7 cm³/mol. The molecular formula is C15H19NOS2. The second-order valence-electron chi connectivity index (χ2n) is 5.12. The first-order valence-electron chi connectivity index (χ1n) is 6.85. The van der Waals surface area contributed by atoms with Crippen LogP contribution in [0.15, 0.2) is 29.0 Å². The highest BCUT2D eigenvalue weighted by Gasteiger charge is 2.22. The summed E-state index contributed by atoms with van der Waals surface area (Å²) in [5.41, 5.74) is 1.32. The number of nitrogens with one attached hydrogen (secondary N) is 1. The molecule has 2 heterocycles. The molecule has 0 aromatic carbocycles. The van der Waals surface area contributed by atoms with E-state index in [1.54, 1.807) is 22.7 Å². The SMILES string of the molecule is OC1CCCCC1NCc1cc(-c2cccs2)cs1. The van der Waals surface area contributed by atoms with E-state index < -0.39 is 0 Å². The Morgan fingerprint density at radius 3 is 2.95 bits per heavy atom. The van der Waals surface area contributed by atoms with Crippen LogP contribution in [-0.2, 0) is 6.54 Å². The van der Waals surface area contributed by atoms with E-state index >= 15 is 0 Å². The minimum Gasteiger partial charge on any atom is -0.392 e. The van der Waals surface area contributed by atoms with Gasteiger partial charge >= 0.3 is 0 Å². The molecule has 4 heteroatoms. The molecule has 0 amide bonds. The molecule has 1 aliphatic carbocycles. The fraction of sp³-hybridized carbons (Fsp3) is 0.467. The summed E-state index contributed by atoms with van der Waals surface area (Å²) >= 11 is 3.58. The van der Waals surface area contributed by atoms with Gasteiger partial charge in [0.1, 0.15) is 0 Å². The van der Waals surface area contributed by atoms with Crippen LogP contribution in [0.25, 0.3) is 10.4 Å². The Morgan fingerprint density at radius 1 is 1.26 bits per heavy atom. The van der Waals surface area contributed by atoms with Crippen LogP contribution < -0.4 is 5.32 Å². The lowest BCUT2D eigenvalue weighted by molar-refractivity contribution is 0.0904. The van der Waals surface area contributed by atoms with Gasteiger partial charge < -0.3 is 10.4 Å². The topological polar surface area (TPSA) is 32.3 Å². The molecule has 2 atom stereocenters. The predicted octanol–water partition coefficient (Wildman–Crippen LogP) is 3.87. The third-order valence-electron chi connectivity index (χ3n) is 3.73. The summed E-state index contributed by atoms with van der Waals surface area (Å²) in [5, 5.41) is 17.8. The minimum absolute atomic E-state index is 0.162. The van der Waals surface area contributed by atoms with Crippen molar-refractivity contribution in [3.63, 3.8) is 0 Å². The van der Waals surface area contributed by atoms with Crippen LogP contribution >= 0.6 is 22.7 Å². The van der Waals surface area contributed by atoms with Crippen LogP contribution in [0, 0.1) is 0 Å². The van der Waals surface area contributed by atoms with Crippen molar-refractivity contribution in [2.75, 3.05) is 0 Å². The van der Waals surface area contributed by atoms with E-state index in [0.29, 0.717) is 0 Å². The quantitative estimate of drug-likeness (QED) is 0.897. The Morgan fingerprint density at radius 2 is 2.16 bits per heavy atom. The molecule has 1 fully saturated rings. The van der Waals surface area contributed by atoms with Gasteiger partial charge in [0.25, 0.3) is 0 Å². The summed E-state index contributed by atoms with van der Waals surface area (Å²) in [6.07, 6.45) is 4.29. The van der Waals surface area contributed by atoms with Gasteiger partial charge in [0, 0.05) is 27.9 Å². The van der Waals surface area contributed by atoms with E-state index in [9.17, 15) is 5.11 Å². The van der Waals surface area contributed by atoms with Gasteiger partial charge in [0.2, 0.25) is 0 Å². The van der Waals surface area contributed by atoms with E-state index in [1.807, 2.05) is 0 Å². The second kappa shape index (κ2) is 6.18. The van der Waals surface area contributed by atoms with Crippen molar-refractivity contribution < 1.29 is 5.11 Å². The van der Waals surface area contributed by atoms with Gasteiger partial charge in [-0.15, -0.1) is 22.7 Å². The van der Waals surface area contributed by atoms with Crippen molar-refractivity contribution in [1.82, 2.24) is 5.32 Å². The van der Waals surface area contributed by atoms with E-state index in [0.717, 1.165) is 19.4 Å². The van der Waals surface area contributed by atoms with Crippen molar-refractivity contribution in [2.24, 2.45) is 0 Å². The first-order valence-corrected chi connectivity index (χ1v) is 8.61. The molecule has 0 bridgehead atoms. The first kappa shape index (κ1) is 13.3. The average Bonchev–Trinajstić information content (AvgIpc) is 3.09. The molecule has 1 aliphatic rings. The molecule has 0 spiro atoms. The molecular weight excluding hydrogens is 274 g/mol. The van der Waals surface area contributed by atoms with Gasteiger partial charge in [-0.2, -0.15) is 0 Å². The van der Waals surface area contributed by atoms with Crippen LogP contribution in [0.4, 0.5) is 0 Å². The van der Waals surface area contributed by atoms with Gasteiger partial charge in [-0.3, -0.25) is 0 Å². The molecule has 2 N–H and O–H groups in total. The average molecular weight is 293 g/mol. The number of hydrogen-bond donors (Lipinski definition) is 2. The maximum atomic E-state index is 9.94. The zero-order chi connectivity index (χ0) is 13.1. The zero-order valence-electron chi connectivity index (χ0n) is 10.8. The van der Waals surface area contributed by atoms with Crippen molar-refractivity contribution >= 4 is 22.7 Å². The highest BCUT2D eigenvalue weighted by atomic mass is 32.1. The Labute approximate surface area is 122 Å². The lowest BCUT2D eigenvalue weighted by Gasteiger charge is -2.28. The Hall–Kier alpha value is -0.680. The largest absolute Gasteiger partial charge is 0.392 e. The van der Waals surface area contributed by atoms with Gasteiger partial charge in [0.15, 0.2) is 0 Å². The van der Waals surface area contributed by atoms with E-state index in [-0.39, 0.29) is 12.1 Å². The number of rotatable bonds is 4. The fourth-order valence-electron chi connectivity index (χ4n) is 2.63. The maximum absolute atomic E-state index is 9.94. The normalized spacial score (nSPS) is 23.6. The number of aliphatic hydroxyl groups excluding tert-OH is 1. The lowest BCUT2D eigenvalue weighted by atomic mass is 9.92. The monoisotopic (exact) mass is 293 g/mol. The first-order chi connectivity index (χ1) is 9.33.